The summed E-state index contributed by atoms with van der Waals surface area (Å²) >= 11 is 0. The highest BCUT2D eigenvalue weighted by molar-refractivity contribution is 5.94. The Morgan fingerprint density at radius 3 is 2.23 bits per heavy atom. The van der Waals surface area contributed by atoms with Crippen molar-refractivity contribution in [1.82, 2.24) is 4.90 Å². The molecule has 3 aromatic carbocycles. The summed E-state index contributed by atoms with van der Waals surface area (Å²) in [6.07, 6.45) is 1.59. The number of carbonyl (C=O) groups is 2. The third-order valence-electron chi connectivity index (χ3n) is 8.26. The lowest BCUT2D eigenvalue weighted by Crippen LogP contribution is -2.35. The smallest absolute Gasteiger partial charge is 0.309 e. The van der Waals surface area contributed by atoms with Crippen LogP contribution in [0.25, 0.3) is 0 Å². The number of anilines is 1. The molecule has 0 saturated carbocycles. The van der Waals surface area contributed by atoms with Crippen LogP contribution < -0.4 is 19.5 Å². The molecule has 2 aliphatic heterocycles. The first-order valence-corrected chi connectivity index (χ1v) is 14.8. The summed E-state index contributed by atoms with van der Waals surface area (Å²) in [4.78, 5) is 28.6. The monoisotopic (exact) mass is 588 g/mol. The second kappa shape index (κ2) is 13.5. The number of nitrogens with zero attached hydrogens (tertiary/aromatic N) is 1. The molecule has 228 valence electrons. The maximum absolute atomic E-state index is 13.7. The SMILES string of the molecule is CCc1cc(C)cc(CC)c1NC(=O)CN1C[C@H](c2ccc3c(c2)OCCO3)C(C(=O)O)[C@@H]1c1ccc(OCOC)cc1. The van der Waals surface area contributed by atoms with E-state index >= 15 is 0 Å². The van der Waals surface area contributed by atoms with Gasteiger partial charge >= 0.3 is 5.97 Å². The standard InChI is InChI=1S/C34H40N2O7/c1-5-22-15-21(3)16-23(6-2)32(22)35-30(37)19-36-18-27(25-9-12-28-29(17-25)42-14-13-41-28)31(34(38)39)33(36)24-7-10-26(11-8-24)43-20-40-4/h7-12,15-17,27,31,33H,5-6,13-14,18-20H2,1-4H3,(H,35,37)(H,38,39)/t27-,31?,33+/m1/s1. The van der Waals surface area contributed by atoms with Crippen LogP contribution in [0, 0.1) is 12.8 Å². The third kappa shape index (κ3) is 6.63. The van der Waals surface area contributed by atoms with Crippen molar-refractivity contribution < 1.29 is 33.6 Å². The number of hydrogen-bond acceptors (Lipinski definition) is 7. The van der Waals surface area contributed by atoms with E-state index in [4.69, 9.17) is 18.9 Å². The highest BCUT2D eigenvalue weighted by Crippen LogP contribution is 2.47. The quantitative estimate of drug-likeness (QED) is 0.289. The van der Waals surface area contributed by atoms with E-state index in [1.165, 1.54) is 0 Å². The Labute approximate surface area is 252 Å². The summed E-state index contributed by atoms with van der Waals surface area (Å²) in [5, 5.41) is 13.8. The Morgan fingerprint density at radius 1 is 0.953 bits per heavy atom. The van der Waals surface area contributed by atoms with Gasteiger partial charge in [-0.3, -0.25) is 14.5 Å². The van der Waals surface area contributed by atoms with Crippen molar-refractivity contribution in [3.63, 3.8) is 0 Å². The van der Waals surface area contributed by atoms with Crippen molar-refractivity contribution in [2.45, 2.75) is 45.6 Å². The van der Waals surface area contributed by atoms with Crippen molar-refractivity contribution in [2.24, 2.45) is 5.92 Å². The molecule has 1 saturated heterocycles. The fourth-order valence-corrected chi connectivity index (χ4v) is 6.33. The Bertz CT molecular complexity index is 1430. The van der Waals surface area contributed by atoms with Crippen molar-refractivity contribution in [3.05, 3.63) is 82.4 Å². The second-order valence-corrected chi connectivity index (χ2v) is 11.1. The summed E-state index contributed by atoms with van der Waals surface area (Å²) in [5.41, 5.74) is 5.83. The number of methoxy groups -OCH3 is 1. The molecule has 2 heterocycles. The minimum atomic E-state index is -0.924. The number of hydrogen-bond donors (Lipinski definition) is 2. The molecule has 5 rings (SSSR count). The lowest BCUT2D eigenvalue weighted by molar-refractivity contribution is -0.143. The van der Waals surface area contributed by atoms with E-state index in [1.54, 1.807) is 19.2 Å². The van der Waals surface area contributed by atoms with Crippen LogP contribution in [0.3, 0.4) is 0 Å². The number of ether oxygens (including phenoxy) is 4. The number of nitrogens with one attached hydrogen (secondary N) is 1. The average molecular weight is 589 g/mol. The van der Waals surface area contributed by atoms with E-state index in [9.17, 15) is 14.7 Å². The number of amides is 1. The summed E-state index contributed by atoms with van der Waals surface area (Å²) in [7, 11) is 1.55. The Balaban J connectivity index is 1.48. The molecule has 3 atom stereocenters. The molecule has 0 bridgehead atoms. The second-order valence-electron chi connectivity index (χ2n) is 11.1. The highest BCUT2D eigenvalue weighted by Gasteiger charge is 2.48. The van der Waals surface area contributed by atoms with Gasteiger partial charge in [-0.1, -0.05) is 49.7 Å². The first-order chi connectivity index (χ1) is 20.8. The van der Waals surface area contributed by atoms with Crippen LogP contribution in [0.15, 0.2) is 54.6 Å². The van der Waals surface area contributed by atoms with E-state index in [-0.39, 0.29) is 25.2 Å². The molecule has 0 aromatic heterocycles. The Morgan fingerprint density at radius 2 is 1.60 bits per heavy atom. The van der Waals surface area contributed by atoms with E-state index in [0.717, 1.165) is 46.3 Å². The molecular weight excluding hydrogens is 548 g/mol. The maximum Gasteiger partial charge on any atom is 0.309 e. The third-order valence-corrected chi connectivity index (χ3v) is 8.26. The van der Waals surface area contributed by atoms with Crippen molar-refractivity contribution >= 4 is 17.6 Å². The van der Waals surface area contributed by atoms with Crippen molar-refractivity contribution in [2.75, 3.05) is 45.5 Å². The fraction of sp³-hybridized carbons (Fsp3) is 0.412. The van der Waals surface area contributed by atoms with E-state index in [0.29, 0.717) is 37.0 Å². The van der Waals surface area contributed by atoms with Gasteiger partial charge in [0.15, 0.2) is 18.3 Å². The molecule has 3 aromatic rings. The Hall–Kier alpha value is -4.08. The minimum Gasteiger partial charge on any atom is -0.486 e. The molecule has 0 aliphatic carbocycles. The van der Waals surface area contributed by atoms with Crippen LogP contribution >= 0.6 is 0 Å². The van der Waals surface area contributed by atoms with Crippen LogP contribution in [0.4, 0.5) is 5.69 Å². The van der Waals surface area contributed by atoms with Gasteiger partial charge in [-0.15, -0.1) is 0 Å². The van der Waals surface area contributed by atoms with Gasteiger partial charge in [-0.2, -0.15) is 0 Å². The lowest BCUT2D eigenvalue weighted by atomic mass is 9.82. The molecule has 2 aliphatic rings. The molecule has 43 heavy (non-hydrogen) atoms. The number of benzene rings is 3. The van der Waals surface area contributed by atoms with Gasteiger partial charge in [-0.25, -0.2) is 0 Å². The molecule has 9 nitrogen and oxygen atoms in total. The number of rotatable bonds is 11. The van der Waals surface area contributed by atoms with Gasteiger partial charge in [-0.05, 0) is 66.3 Å². The van der Waals surface area contributed by atoms with E-state index in [2.05, 4.69) is 38.2 Å². The number of aryl methyl sites for hydroxylation is 3. The first kappa shape index (κ1) is 30.4. The predicted octanol–water partition coefficient (Wildman–Crippen LogP) is 5.35. The van der Waals surface area contributed by atoms with Crippen molar-refractivity contribution in [1.29, 1.82) is 0 Å². The maximum atomic E-state index is 13.7. The van der Waals surface area contributed by atoms with Gasteiger partial charge < -0.3 is 29.4 Å². The van der Waals surface area contributed by atoms with Gasteiger partial charge in [0.25, 0.3) is 0 Å². The highest BCUT2D eigenvalue weighted by atomic mass is 16.7. The summed E-state index contributed by atoms with van der Waals surface area (Å²) in [5.74, 6) is -0.417. The predicted molar refractivity (Wildman–Crippen MR) is 163 cm³/mol. The zero-order valence-electron chi connectivity index (χ0n) is 25.2. The lowest BCUT2D eigenvalue weighted by Gasteiger charge is -2.27. The van der Waals surface area contributed by atoms with E-state index in [1.807, 2.05) is 35.2 Å². The summed E-state index contributed by atoms with van der Waals surface area (Å²) in [6, 6.07) is 16.6. The molecule has 9 heteroatoms. The molecule has 0 spiro atoms. The topological polar surface area (TPSA) is 107 Å². The van der Waals surface area contributed by atoms with Crippen LogP contribution in [-0.2, 0) is 27.2 Å². The number of aliphatic carboxylic acids is 1. The van der Waals surface area contributed by atoms with Gasteiger partial charge in [0.2, 0.25) is 5.91 Å². The zero-order chi connectivity index (χ0) is 30.5. The normalized spacial score (nSPS) is 19.7. The number of likely N-dealkylation sites (tertiary alicyclic amines) is 1. The summed E-state index contributed by atoms with van der Waals surface area (Å²) in [6.45, 7) is 7.66. The largest absolute Gasteiger partial charge is 0.486 e. The number of carbonyl (C=O) groups excluding carboxylic acids is 1. The van der Waals surface area contributed by atoms with Crippen LogP contribution in [0.1, 0.15) is 53.6 Å². The number of carboxylic acids is 1. The van der Waals surface area contributed by atoms with Crippen LogP contribution in [-0.4, -0.2) is 62.1 Å². The zero-order valence-corrected chi connectivity index (χ0v) is 25.2. The van der Waals surface area contributed by atoms with Crippen LogP contribution in [0.5, 0.6) is 17.2 Å². The van der Waals surface area contributed by atoms with Gasteiger partial charge in [0, 0.05) is 31.3 Å². The van der Waals surface area contributed by atoms with E-state index < -0.39 is 17.9 Å². The number of fused-ring (bicyclic) bond motifs is 1. The number of carboxylic acid groups (broad SMARTS) is 1. The first-order valence-electron chi connectivity index (χ1n) is 14.8. The van der Waals surface area contributed by atoms with Gasteiger partial charge in [0.1, 0.15) is 19.0 Å². The minimum absolute atomic E-state index is 0.0393. The molecule has 1 unspecified atom stereocenters. The molecule has 2 N–H and O–H groups in total. The fourth-order valence-electron chi connectivity index (χ4n) is 6.33. The molecule has 1 amide bonds. The van der Waals surface area contributed by atoms with Crippen LogP contribution in [0.2, 0.25) is 0 Å². The Kier molecular flexibility index (Phi) is 9.52. The molecule has 0 radical (unpaired) electrons. The molecule has 1 fully saturated rings. The van der Waals surface area contributed by atoms with Gasteiger partial charge in [0.05, 0.1) is 12.5 Å². The molecular formula is C34H40N2O7. The summed E-state index contributed by atoms with van der Waals surface area (Å²) < 4.78 is 22.1. The van der Waals surface area contributed by atoms with Crippen molar-refractivity contribution in [3.8, 4) is 17.2 Å². The average Bonchev–Trinajstić information content (AvgIpc) is 3.39.